The molecule has 0 atom stereocenters. The van der Waals surface area contributed by atoms with Crippen LogP contribution in [0.4, 0.5) is 18.9 Å². The molecule has 1 heterocycles. The Bertz CT molecular complexity index is 980. The van der Waals surface area contributed by atoms with Crippen LogP contribution in [0, 0.1) is 17.0 Å². The smallest absolute Gasteiger partial charge is 0.346 e. The van der Waals surface area contributed by atoms with Crippen molar-refractivity contribution in [2.45, 2.75) is 25.9 Å². The number of nitro groups is 1. The third kappa shape index (κ3) is 4.33. The average molecular weight is 375 g/mol. The minimum absolute atomic E-state index is 0.00554. The predicted octanol–water partition coefficient (Wildman–Crippen LogP) is 4.83. The first kappa shape index (κ1) is 18.6. The van der Waals surface area contributed by atoms with Gasteiger partial charge in [0.15, 0.2) is 0 Å². The number of nitrogens with zero attached hydrogens (tertiary/aromatic N) is 2. The van der Waals surface area contributed by atoms with Gasteiger partial charge in [0.05, 0.1) is 16.2 Å². The van der Waals surface area contributed by atoms with Crippen molar-refractivity contribution in [1.82, 2.24) is 9.97 Å². The second-order valence-corrected chi connectivity index (χ2v) is 6.19. The summed E-state index contributed by atoms with van der Waals surface area (Å²) in [6.07, 6.45) is -3.92. The predicted molar refractivity (Wildman–Crippen MR) is 93.5 cm³/mol. The van der Waals surface area contributed by atoms with Crippen molar-refractivity contribution in [3.8, 4) is 0 Å². The van der Waals surface area contributed by atoms with Crippen molar-refractivity contribution in [3.63, 3.8) is 0 Å². The zero-order valence-corrected chi connectivity index (χ0v) is 14.4. The fraction of sp³-hybridized carbons (Fsp3) is 0.211. The number of alkyl halides is 3. The van der Waals surface area contributed by atoms with E-state index in [0.717, 1.165) is 17.8 Å². The second-order valence-electron chi connectivity index (χ2n) is 6.19. The van der Waals surface area contributed by atoms with Crippen LogP contribution in [-0.4, -0.2) is 14.9 Å². The maximum Gasteiger partial charge on any atom is 0.416 e. The van der Waals surface area contributed by atoms with Gasteiger partial charge < -0.3 is 4.98 Å². The molecule has 2 aromatic carbocycles. The van der Waals surface area contributed by atoms with E-state index in [4.69, 9.17) is 0 Å². The number of para-hydroxylation sites is 1. The van der Waals surface area contributed by atoms with Gasteiger partial charge in [0, 0.05) is 30.2 Å². The van der Waals surface area contributed by atoms with E-state index in [0.29, 0.717) is 22.6 Å². The van der Waals surface area contributed by atoms with Crippen LogP contribution in [0.1, 0.15) is 33.9 Å². The van der Waals surface area contributed by atoms with Crippen LogP contribution in [0.2, 0.25) is 0 Å². The molecule has 0 radical (unpaired) electrons. The molecule has 0 aliphatic heterocycles. The number of nitro benzene ring substituents is 1. The van der Waals surface area contributed by atoms with Gasteiger partial charge in [0.1, 0.15) is 5.82 Å². The largest absolute Gasteiger partial charge is 0.416 e. The van der Waals surface area contributed by atoms with E-state index in [2.05, 4.69) is 9.97 Å². The van der Waals surface area contributed by atoms with Gasteiger partial charge >= 0.3 is 6.18 Å². The molecular weight excluding hydrogens is 359 g/mol. The van der Waals surface area contributed by atoms with Crippen LogP contribution in [0.5, 0.6) is 0 Å². The highest BCUT2D eigenvalue weighted by atomic mass is 19.4. The molecule has 0 saturated heterocycles. The minimum atomic E-state index is -4.39. The number of rotatable bonds is 5. The molecule has 140 valence electrons. The van der Waals surface area contributed by atoms with Crippen LogP contribution >= 0.6 is 0 Å². The summed E-state index contributed by atoms with van der Waals surface area (Å²) in [4.78, 5) is 18.2. The normalized spacial score (nSPS) is 11.6. The number of aromatic nitrogens is 2. The fourth-order valence-corrected chi connectivity index (χ4v) is 2.89. The number of H-pyrrole nitrogens is 1. The molecule has 8 heteroatoms. The average Bonchev–Trinajstić information content (AvgIpc) is 2.94. The van der Waals surface area contributed by atoms with Crippen LogP contribution in [0.3, 0.4) is 0 Å². The molecule has 1 N–H and O–H groups in total. The third-order valence-electron chi connectivity index (χ3n) is 4.21. The third-order valence-corrected chi connectivity index (χ3v) is 4.21. The molecule has 27 heavy (non-hydrogen) atoms. The number of imidazole rings is 1. The van der Waals surface area contributed by atoms with Crippen molar-refractivity contribution >= 4 is 5.69 Å². The summed E-state index contributed by atoms with van der Waals surface area (Å²) < 4.78 is 38.6. The Morgan fingerprint density at radius 1 is 1.11 bits per heavy atom. The molecule has 5 nitrogen and oxygen atoms in total. The Morgan fingerprint density at radius 2 is 1.85 bits per heavy atom. The molecule has 0 fully saturated rings. The highest BCUT2D eigenvalue weighted by molar-refractivity contribution is 5.41. The number of hydrogen-bond donors (Lipinski definition) is 1. The van der Waals surface area contributed by atoms with Crippen LogP contribution < -0.4 is 0 Å². The number of aromatic amines is 1. The standard InChI is InChI=1S/C19H16F3N3O2/c1-12-16(10-13-5-4-7-15(9-13)19(20,21)22)24-18(23-12)11-14-6-2-3-8-17(14)25(26)27/h2-9H,10-11H2,1H3,(H,23,24). The second kappa shape index (κ2) is 7.22. The van der Waals surface area contributed by atoms with Gasteiger partial charge in [-0.2, -0.15) is 13.2 Å². The molecule has 0 aliphatic rings. The summed E-state index contributed by atoms with van der Waals surface area (Å²) in [5, 5.41) is 11.1. The highest BCUT2D eigenvalue weighted by Crippen LogP contribution is 2.30. The van der Waals surface area contributed by atoms with Gasteiger partial charge in [0.25, 0.3) is 5.69 Å². The zero-order chi connectivity index (χ0) is 19.6. The van der Waals surface area contributed by atoms with Crippen molar-refractivity contribution in [2.75, 3.05) is 0 Å². The Hall–Kier alpha value is -3.16. The molecule has 0 saturated carbocycles. The van der Waals surface area contributed by atoms with Crippen molar-refractivity contribution in [1.29, 1.82) is 0 Å². The monoisotopic (exact) mass is 375 g/mol. The molecular formula is C19H16F3N3O2. The number of benzene rings is 2. The molecule has 0 spiro atoms. The number of aryl methyl sites for hydroxylation is 1. The number of nitrogens with one attached hydrogen (secondary N) is 1. The van der Waals surface area contributed by atoms with E-state index >= 15 is 0 Å². The van der Waals surface area contributed by atoms with Gasteiger partial charge in [-0.15, -0.1) is 0 Å². The van der Waals surface area contributed by atoms with E-state index in [1.807, 2.05) is 0 Å². The van der Waals surface area contributed by atoms with Gasteiger partial charge in [-0.3, -0.25) is 10.1 Å². The minimum Gasteiger partial charge on any atom is -0.346 e. The first-order valence-electron chi connectivity index (χ1n) is 8.17. The summed E-state index contributed by atoms with van der Waals surface area (Å²) in [7, 11) is 0. The molecule has 1 aromatic heterocycles. The lowest BCUT2D eigenvalue weighted by Crippen LogP contribution is -2.05. The molecule has 3 aromatic rings. The Labute approximate surface area is 153 Å². The Kier molecular flexibility index (Phi) is 4.98. The summed E-state index contributed by atoms with van der Waals surface area (Å²) in [5.74, 6) is 0.531. The molecule has 0 aliphatic carbocycles. The molecule has 0 amide bonds. The van der Waals surface area contributed by atoms with Gasteiger partial charge in [-0.05, 0) is 18.6 Å². The van der Waals surface area contributed by atoms with Crippen molar-refractivity contribution in [2.24, 2.45) is 0 Å². The van der Waals surface area contributed by atoms with E-state index in [9.17, 15) is 23.3 Å². The summed E-state index contributed by atoms with van der Waals surface area (Å²) in [6, 6.07) is 11.5. The summed E-state index contributed by atoms with van der Waals surface area (Å²) >= 11 is 0. The van der Waals surface area contributed by atoms with Crippen LogP contribution in [0.15, 0.2) is 48.5 Å². The highest BCUT2D eigenvalue weighted by Gasteiger charge is 2.30. The number of hydrogen-bond acceptors (Lipinski definition) is 3. The zero-order valence-electron chi connectivity index (χ0n) is 14.4. The van der Waals surface area contributed by atoms with Crippen LogP contribution in [-0.2, 0) is 19.0 Å². The van der Waals surface area contributed by atoms with Gasteiger partial charge in [0.2, 0.25) is 0 Å². The first-order valence-corrected chi connectivity index (χ1v) is 8.17. The number of halogens is 3. The van der Waals surface area contributed by atoms with E-state index in [-0.39, 0.29) is 18.5 Å². The maximum absolute atomic E-state index is 12.9. The van der Waals surface area contributed by atoms with Crippen LogP contribution in [0.25, 0.3) is 0 Å². The lowest BCUT2D eigenvalue weighted by Gasteiger charge is -2.08. The SMILES string of the molecule is Cc1[nH]c(Cc2ccccc2[N+](=O)[O-])nc1Cc1cccc(C(F)(F)F)c1. The topological polar surface area (TPSA) is 71.8 Å². The lowest BCUT2D eigenvalue weighted by molar-refractivity contribution is -0.385. The fourth-order valence-electron chi connectivity index (χ4n) is 2.89. The quantitative estimate of drug-likeness (QED) is 0.513. The van der Waals surface area contributed by atoms with E-state index in [1.54, 1.807) is 31.2 Å². The summed E-state index contributed by atoms with van der Waals surface area (Å²) in [6.45, 7) is 1.78. The van der Waals surface area contributed by atoms with Gasteiger partial charge in [-0.1, -0.05) is 36.4 Å². The maximum atomic E-state index is 12.9. The van der Waals surface area contributed by atoms with Crippen molar-refractivity contribution in [3.05, 3.63) is 92.5 Å². The Balaban J connectivity index is 1.83. The lowest BCUT2D eigenvalue weighted by atomic mass is 10.1. The summed E-state index contributed by atoms with van der Waals surface area (Å²) in [5.41, 5.74) is 1.65. The molecule has 3 rings (SSSR count). The molecule has 0 bridgehead atoms. The van der Waals surface area contributed by atoms with Crippen molar-refractivity contribution < 1.29 is 18.1 Å². The Morgan fingerprint density at radius 3 is 2.56 bits per heavy atom. The van der Waals surface area contributed by atoms with E-state index in [1.165, 1.54) is 12.1 Å². The van der Waals surface area contributed by atoms with E-state index < -0.39 is 16.7 Å². The first-order chi connectivity index (χ1) is 12.7. The molecule has 0 unspecified atom stereocenters. The van der Waals surface area contributed by atoms with Gasteiger partial charge in [-0.25, -0.2) is 4.98 Å².